The van der Waals surface area contributed by atoms with E-state index >= 15 is 0 Å². The number of hydrogen-bond acceptors (Lipinski definition) is 5. The molecular formula is C22H23N5O2. The van der Waals surface area contributed by atoms with Crippen molar-refractivity contribution in [1.29, 1.82) is 0 Å². The molecule has 1 atom stereocenters. The van der Waals surface area contributed by atoms with Crippen molar-refractivity contribution in [2.45, 2.75) is 19.4 Å². The van der Waals surface area contributed by atoms with Crippen molar-refractivity contribution in [3.63, 3.8) is 0 Å². The number of hydrogen-bond donors (Lipinski definition) is 2. The lowest BCUT2D eigenvalue weighted by Gasteiger charge is -2.18. The van der Waals surface area contributed by atoms with Gasteiger partial charge in [-0.1, -0.05) is 12.1 Å². The van der Waals surface area contributed by atoms with E-state index in [1.54, 1.807) is 12.4 Å². The van der Waals surface area contributed by atoms with E-state index in [2.05, 4.69) is 25.4 Å². The quantitative estimate of drug-likeness (QED) is 0.717. The van der Waals surface area contributed by atoms with Gasteiger partial charge in [-0.05, 0) is 30.7 Å². The number of aromatic nitrogens is 3. The molecule has 1 saturated heterocycles. The first kappa shape index (κ1) is 17.9. The largest absolute Gasteiger partial charge is 0.376 e. The summed E-state index contributed by atoms with van der Waals surface area (Å²) in [4.78, 5) is 19.1. The maximum Gasteiger partial charge on any atom is 0.229 e. The second-order valence-corrected chi connectivity index (χ2v) is 7.54. The van der Waals surface area contributed by atoms with E-state index < -0.39 is 0 Å². The molecule has 1 aromatic carbocycles. The van der Waals surface area contributed by atoms with Crippen LogP contribution in [0.4, 0.5) is 11.4 Å². The number of aromatic amines is 1. The first-order valence-electron chi connectivity index (χ1n) is 9.98. The number of nitrogens with one attached hydrogen (secondary N) is 2. The fourth-order valence-electron chi connectivity index (χ4n) is 4.10. The van der Waals surface area contributed by atoms with Crippen molar-refractivity contribution >= 4 is 17.3 Å². The van der Waals surface area contributed by atoms with Gasteiger partial charge in [0.05, 0.1) is 24.8 Å². The van der Waals surface area contributed by atoms with Crippen molar-refractivity contribution in [2.75, 3.05) is 29.9 Å². The third kappa shape index (κ3) is 3.61. The number of carbonyl (C=O) groups excluding carboxylic acids is 1. The zero-order chi connectivity index (χ0) is 19.6. The molecule has 29 heavy (non-hydrogen) atoms. The standard InChI is InChI=1S/C22H23N5O2/c28-22(16-6-10-27(13-16)18-4-8-23-9-5-18)24-17-3-1-2-15(12-17)21-19-14-29-11-7-20(19)25-26-21/h1-5,8-9,12,16H,6-7,10-11,13-14H2,(H,24,28)(H,25,26). The van der Waals surface area contributed by atoms with Crippen LogP contribution >= 0.6 is 0 Å². The van der Waals surface area contributed by atoms with Gasteiger partial charge >= 0.3 is 0 Å². The smallest absolute Gasteiger partial charge is 0.229 e. The van der Waals surface area contributed by atoms with E-state index in [4.69, 9.17) is 4.74 Å². The highest BCUT2D eigenvalue weighted by atomic mass is 16.5. The van der Waals surface area contributed by atoms with Crippen LogP contribution in [0.5, 0.6) is 0 Å². The first-order valence-corrected chi connectivity index (χ1v) is 9.98. The third-order valence-corrected chi connectivity index (χ3v) is 5.69. The van der Waals surface area contributed by atoms with Gasteiger partial charge in [0.15, 0.2) is 0 Å². The minimum Gasteiger partial charge on any atom is -0.376 e. The highest BCUT2D eigenvalue weighted by Crippen LogP contribution is 2.29. The number of anilines is 2. The molecule has 0 aliphatic carbocycles. The molecule has 0 saturated carbocycles. The Bertz CT molecular complexity index is 1020. The molecule has 0 spiro atoms. The molecule has 0 radical (unpaired) electrons. The SMILES string of the molecule is O=C(Nc1cccc(-c2n[nH]c3c2COCC3)c1)C1CCN(c2ccncc2)C1. The van der Waals surface area contributed by atoms with Crippen LogP contribution in [0.25, 0.3) is 11.3 Å². The lowest BCUT2D eigenvalue weighted by Crippen LogP contribution is -2.27. The molecule has 1 unspecified atom stereocenters. The van der Waals surface area contributed by atoms with Crippen LogP contribution in [-0.2, 0) is 22.6 Å². The van der Waals surface area contributed by atoms with Crippen LogP contribution in [0.3, 0.4) is 0 Å². The predicted molar refractivity (Wildman–Crippen MR) is 111 cm³/mol. The fraction of sp³-hybridized carbons (Fsp3) is 0.318. The number of benzene rings is 1. The molecule has 2 aromatic heterocycles. The number of fused-ring (bicyclic) bond motifs is 1. The molecular weight excluding hydrogens is 366 g/mol. The lowest BCUT2D eigenvalue weighted by molar-refractivity contribution is -0.119. The predicted octanol–water partition coefficient (Wildman–Crippen LogP) is 3.01. The van der Waals surface area contributed by atoms with Crippen LogP contribution in [0.2, 0.25) is 0 Å². The van der Waals surface area contributed by atoms with Crippen molar-refractivity contribution < 1.29 is 9.53 Å². The van der Waals surface area contributed by atoms with Gasteiger partial charge in [0.1, 0.15) is 0 Å². The van der Waals surface area contributed by atoms with E-state index in [-0.39, 0.29) is 11.8 Å². The van der Waals surface area contributed by atoms with Crippen LogP contribution in [0.1, 0.15) is 17.7 Å². The Morgan fingerprint density at radius 2 is 2.14 bits per heavy atom. The fourth-order valence-corrected chi connectivity index (χ4v) is 4.10. The Labute approximate surface area is 169 Å². The zero-order valence-corrected chi connectivity index (χ0v) is 16.1. The van der Waals surface area contributed by atoms with E-state index in [1.165, 1.54) is 0 Å². The molecule has 2 aliphatic rings. The monoisotopic (exact) mass is 389 g/mol. The number of rotatable bonds is 4. The second-order valence-electron chi connectivity index (χ2n) is 7.54. The molecule has 4 heterocycles. The summed E-state index contributed by atoms with van der Waals surface area (Å²) in [5, 5.41) is 10.7. The maximum atomic E-state index is 12.8. The van der Waals surface area contributed by atoms with Crippen LogP contribution in [0.15, 0.2) is 48.8 Å². The highest BCUT2D eigenvalue weighted by Gasteiger charge is 2.28. The number of ether oxygens (including phenoxy) is 1. The Balaban J connectivity index is 1.28. The van der Waals surface area contributed by atoms with Gasteiger partial charge in [-0.2, -0.15) is 5.10 Å². The summed E-state index contributed by atoms with van der Waals surface area (Å²) in [5.74, 6) is 0.0319. The van der Waals surface area contributed by atoms with Crippen LogP contribution in [-0.4, -0.2) is 40.8 Å². The summed E-state index contributed by atoms with van der Waals surface area (Å²) in [5.41, 5.74) is 6.05. The molecule has 2 aliphatic heterocycles. The lowest BCUT2D eigenvalue weighted by atomic mass is 10.0. The second kappa shape index (κ2) is 7.67. The van der Waals surface area contributed by atoms with Gasteiger partial charge in [0.2, 0.25) is 5.91 Å². The van der Waals surface area contributed by atoms with Gasteiger partial charge in [-0.25, -0.2) is 0 Å². The van der Waals surface area contributed by atoms with Crippen LogP contribution < -0.4 is 10.2 Å². The molecule has 2 N–H and O–H groups in total. The molecule has 7 heteroatoms. The minimum atomic E-state index is -0.0293. The summed E-state index contributed by atoms with van der Waals surface area (Å²) in [6.07, 6.45) is 5.27. The Morgan fingerprint density at radius 1 is 1.24 bits per heavy atom. The van der Waals surface area contributed by atoms with E-state index in [9.17, 15) is 4.79 Å². The minimum absolute atomic E-state index is 0.0293. The molecule has 1 fully saturated rings. The van der Waals surface area contributed by atoms with Crippen molar-refractivity contribution in [3.8, 4) is 11.3 Å². The third-order valence-electron chi connectivity index (χ3n) is 5.69. The molecule has 5 rings (SSSR count). The van der Waals surface area contributed by atoms with Gasteiger partial charge in [0, 0.05) is 60.1 Å². The number of H-pyrrole nitrogens is 1. The number of amides is 1. The summed E-state index contributed by atoms with van der Waals surface area (Å²) in [6, 6.07) is 11.8. The van der Waals surface area contributed by atoms with Crippen molar-refractivity contribution in [1.82, 2.24) is 15.2 Å². The van der Waals surface area contributed by atoms with E-state index in [0.29, 0.717) is 6.61 Å². The maximum absolute atomic E-state index is 12.8. The molecule has 0 bridgehead atoms. The molecule has 3 aromatic rings. The van der Waals surface area contributed by atoms with Gasteiger partial charge in [-0.15, -0.1) is 0 Å². The van der Waals surface area contributed by atoms with Crippen molar-refractivity contribution in [3.05, 3.63) is 60.0 Å². The topological polar surface area (TPSA) is 83.1 Å². The normalized spacial score (nSPS) is 18.5. The summed E-state index contributed by atoms with van der Waals surface area (Å²) >= 11 is 0. The Kier molecular flexibility index (Phi) is 4.73. The molecule has 1 amide bonds. The number of carbonyl (C=O) groups is 1. The van der Waals surface area contributed by atoms with E-state index in [0.717, 1.165) is 66.4 Å². The van der Waals surface area contributed by atoms with E-state index in [1.807, 2.05) is 36.4 Å². The molecule has 7 nitrogen and oxygen atoms in total. The Hall–Kier alpha value is -3.19. The number of pyridine rings is 1. The van der Waals surface area contributed by atoms with Gasteiger partial charge in [0.25, 0.3) is 0 Å². The van der Waals surface area contributed by atoms with Crippen molar-refractivity contribution in [2.24, 2.45) is 5.92 Å². The average Bonchev–Trinajstić information content (AvgIpc) is 3.42. The average molecular weight is 389 g/mol. The summed E-state index contributed by atoms with van der Waals surface area (Å²) in [6.45, 7) is 2.90. The molecule has 148 valence electrons. The zero-order valence-electron chi connectivity index (χ0n) is 16.1. The van der Waals surface area contributed by atoms with Crippen LogP contribution in [0, 0.1) is 5.92 Å². The number of nitrogens with zero attached hydrogens (tertiary/aromatic N) is 3. The first-order chi connectivity index (χ1) is 14.3. The van der Waals surface area contributed by atoms with Gasteiger partial charge < -0.3 is 15.0 Å². The summed E-state index contributed by atoms with van der Waals surface area (Å²) < 4.78 is 5.59. The van der Waals surface area contributed by atoms with Gasteiger partial charge in [-0.3, -0.25) is 14.9 Å². The Morgan fingerprint density at radius 3 is 3.03 bits per heavy atom. The summed E-state index contributed by atoms with van der Waals surface area (Å²) in [7, 11) is 0. The highest BCUT2D eigenvalue weighted by molar-refractivity contribution is 5.94.